The summed E-state index contributed by atoms with van der Waals surface area (Å²) < 4.78 is 0. The standard InChI is InChI=1S/C17H20N2OS/c1-11-8-13(21-12(11)2)10-18-15-9-17(20)19(3)16-7-5-4-6-14(15)16/h4-8,15,18H,9-10H2,1-3H3. The van der Waals surface area contributed by atoms with Gasteiger partial charge in [0.05, 0.1) is 0 Å². The Hall–Kier alpha value is -1.65. The molecule has 0 fully saturated rings. The first-order valence-electron chi connectivity index (χ1n) is 7.21. The summed E-state index contributed by atoms with van der Waals surface area (Å²) in [7, 11) is 1.85. The summed E-state index contributed by atoms with van der Waals surface area (Å²) in [4.78, 5) is 16.6. The van der Waals surface area contributed by atoms with E-state index in [4.69, 9.17) is 0 Å². The van der Waals surface area contributed by atoms with Crippen LogP contribution in [-0.2, 0) is 11.3 Å². The predicted octanol–water partition coefficient (Wildman–Crippen LogP) is 3.56. The zero-order chi connectivity index (χ0) is 15.0. The third-order valence-corrected chi connectivity index (χ3v) is 5.32. The molecule has 0 radical (unpaired) electrons. The van der Waals surface area contributed by atoms with E-state index in [0.717, 1.165) is 12.2 Å². The van der Waals surface area contributed by atoms with Gasteiger partial charge in [-0.3, -0.25) is 4.79 Å². The fourth-order valence-corrected chi connectivity index (χ4v) is 3.79. The molecular weight excluding hydrogens is 280 g/mol. The highest BCUT2D eigenvalue weighted by atomic mass is 32.1. The molecule has 1 aromatic heterocycles. The van der Waals surface area contributed by atoms with Crippen molar-refractivity contribution in [3.63, 3.8) is 0 Å². The molecule has 4 heteroatoms. The number of thiophene rings is 1. The Kier molecular flexibility index (Phi) is 3.83. The van der Waals surface area contributed by atoms with Gasteiger partial charge in [-0.15, -0.1) is 11.3 Å². The minimum absolute atomic E-state index is 0.104. The molecule has 3 rings (SSSR count). The van der Waals surface area contributed by atoms with Gasteiger partial charge in [0.1, 0.15) is 0 Å². The molecule has 0 saturated heterocycles. The molecule has 21 heavy (non-hydrogen) atoms. The molecule has 2 aromatic rings. The van der Waals surface area contributed by atoms with Gasteiger partial charge in [-0.2, -0.15) is 0 Å². The van der Waals surface area contributed by atoms with E-state index >= 15 is 0 Å². The fourth-order valence-electron chi connectivity index (χ4n) is 2.79. The first-order valence-corrected chi connectivity index (χ1v) is 8.02. The number of aryl methyl sites for hydroxylation is 2. The van der Waals surface area contributed by atoms with Crippen LogP contribution in [-0.4, -0.2) is 13.0 Å². The number of fused-ring (bicyclic) bond motifs is 1. The van der Waals surface area contributed by atoms with Crippen molar-refractivity contribution >= 4 is 22.9 Å². The van der Waals surface area contributed by atoms with Crippen molar-refractivity contribution in [1.29, 1.82) is 0 Å². The number of nitrogens with zero attached hydrogens (tertiary/aromatic N) is 1. The summed E-state index contributed by atoms with van der Waals surface area (Å²) in [5.74, 6) is 0.171. The lowest BCUT2D eigenvalue weighted by Crippen LogP contribution is -2.37. The van der Waals surface area contributed by atoms with Gasteiger partial charge in [0.15, 0.2) is 0 Å². The number of nitrogens with one attached hydrogen (secondary N) is 1. The van der Waals surface area contributed by atoms with Crippen LogP contribution in [0.5, 0.6) is 0 Å². The highest BCUT2D eigenvalue weighted by Crippen LogP contribution is 2.33. The molecule has 1 aliphatic rings. The third kappa shape index (κ3) is 2.74. The second-order valence-electron chi connectivity index (χ2n) is 5.60. The second-order valence-corrected chi connectivity index (χ2v) is 6.94. The van der Waals surface area contributed by atoms with Crippen LogP contribution >= 0.6 is 11.3 Å². The molecule has 1 amide bonds. The zero-order valence-corrected chi connectivity index (χ0v) is 13.5. The molecule has 1 aliphatic heterocycles. The van der Waals surface area contributed by atoms with Gasteiger partial charge in [0, 0.05) is 41.5 Å². The van der Waals surface area contributed by atoms with Crippen LogP contribution in [0.1, 0.15) is 33.3 Å². The molecule has 1 N–H and O–H groups in total. The average molecular weight is 300 g/mol. The van der Waals surface area contributed by atoms with Gasteiger partial charge in [-0.1, -0.05) is 18.2 Å². The van der Waals surface area contributed by atoms with Crippen LogP contribution in [0.4, 0.5) is 5.69 Å². The topological polar surface area (TPSA) is 32.3 Å². The molecule has 1 unspecified atom stereocenters. The number of anilines is 1. The summed E-state index contributed by atoms with van der Waals surface area (Å²) in [6.07, 6.45) is 0.525. The highest BCUT2D eigenvalue weighted by Gasteiger charge is 2.28. The van der Waals surface area contributed by atoms with Crippen molar-refractivity contribution in [2.75, 3.05) is 11.9 Å². The largest absolute Gasteiger partial charge is 0.315 e. The lowest BCUT2D eigenvalue weighted by Gasteiger charge is -2.32. The number of hydrogen-bond acceptors (Lipinski definition) is 3. The van der Waals surface area contributed by atoms with Crippen molar-refractivity contribution < 1.29 is 4.79 Å². The van der Waals surface area contributed by atoms with Crippen molar-refractivity contribution in [3.05, 3.63) is 51.2 Å². The third-order valence-electron chi connectivity index (χ3n) is 4.17. The van der Waals surface area contributed by atoms with E-state index in [9.17, 15) is 4.79 Å². The Balaban J connectivity index is 1.79. The van der Waals surface area contributed by atoms with Gasteiger partial charge >= 0.3 is 0 Å². The first-order chi connectivity index (χ1) is 10.1. The number of rotatable bonds is 3. The Bertz CT molecular complexity index is 658. The van der Waals surface area contributed by atoms with E-state index in [1.807, 2.05) is 36.6 Å². The lowest BCUT2D eigenvalue weighted by atomic mass is 9.96. The summed E-state index contributed by atoms with van der Waals surface area (Å²) in [6, 6.07) is 10.5. The number of hydrogen-bond donors (Lipinski definition) is 1. The zero-order valence-electron chi connectivity index (χ0n) is 12.6. The number of amides is 1. The van der Waals surface area contributed by atoms with Crippen LogP contribution in [0.3, 0.4) is 0 Å². The van der Waals surface area contributed by atoms with Crippen LogP contribution in [0.15, 0.2) is 30.3 Å². The smallest absolute Gasteiger partial charge is 0.228 e. The Labute approximate surface area is 129 Å². The maximum absolute atomic E-state index is 12.1. The number of para-hydroxylation sites is 1. The van der Waals surface area contributed by atoms with Crippen molar-refractivity contribution in [2.45, 2.75) is 32.9 Å². The van der Waals surface area contributed by atoms with Crippen molar-refractivity contribution in [1.82, 2.24) is 5.32 Å². The number of carbonyl (C=O) groups is 1. The normalized spacial score (nSPS) is 18.0. The Morgan fingerprint density at radius 1 is 1.33 bits per heavy atom. The van der Waals surface area contributed by atoms with E-state index < -0.39 is 0 Å². The second kappa shape index (κ2) is 5.62. The Morgan fingerprint density at radius 3 is 2.81 bits per heavy atom. The van der Waals surface area contributed by atoms with Gasteiger partial charge in [0.25, 0.3) is 0 Å². The van der Waals surface area contributed by atoms with E-state index in [0.29, 0.717) is 6.42 Å². The van der Waals surface area contributed by atoms with E-state index in [-0.39, 0.29) is 11.9 Å². The summed E-state index contributed by atoms with van der Waals surface area (Å²) in [6.45, 7) is 5.11. The molecular formula is C17H20N2OS. The minimum Gasteiger partial charge on any atom is -0.315 e. The molecule has 1 atom stereocenters. The summed E-state index contributed by atoms with van der Waals surface area (Å²) in [5.41, 5.74) is 3.58. The predicted molar refractivity (Wildman–Crippen MR) is 87.8 cm³/mol. The van der Waals surface area contributed by atoms with Crippen LogP contribution < -0.4 is 10.2 Å². The summed E-state index contributed by atoms with van der Waals surface area (Å²) >= 11 is 1.83. The SMILES string of the molecule is Cc1cc(CNC2CC(=O)N(C)c3ccccc32)sc1C. The van der Waals surface area contributed by atoms with Crippen LogP contribution in [0.2, 0.25) is 0 Å². The molecule has 110 valence electrons. The number of carbonyl (C=O) groups excluding carboxylic acids is 1. The maximum Gasteiger partial charge on any atom is 0.228 e. The van der Waals surface area contributed by atoms with Crippen LogP contribution in [0.25, 0.3) is 0 Å². The molecule has 3 nitrogen and oxygen atoms in total. The monoisotopic (exact) mass is 300 g/mol. The summed E-state index contributed by atoms with van der Waals surface area (Å²) in [5, 5.41) is 3.55. The van der Waals surface area contributed by atoms with Gasteiger partial charge in [-0.05, 0) is 37.1 Å². The molecule has 0 spiro atoms. The van der Waals surface area contributed by atoms with E-state index in [2.05, 4.69) is 31.3 Å². The lowest BCUT2D eigenvalue weighted by molar-refractivity contribution is -0.119. The average Bonchev–Trinajstić information content (AvgIpc) is 2.80. The quantitative estimate of drug-likeness (QED) is 0.940. The van der Waals surface area contributed by atoms with Crippen LogP contribution in [0, 0.1) is 13.8 Å². The first kappa shape index (κ1) is 14.3. The van der Waals surface area contributed by atoms with Gasteiger partial charge in [-0.25, -0.2) is 0 Å². The number of benzene rings is 1. The Morgan fingerprint density at radius 2 is 2.10 bits per heavy atom. The van der Waals surface area contributed by atoms with E-state index in [1.165, 1.54) is 20.9 Å². The molecule has 0 saturated carbocycles. The minimum atomic E-state index is 0.104. The highest BCUT2D eigenvalue weighted by molar-refractivity contribution is 7.12. The van der Waals surface area contributed by atoms with Gasteiger partial charge < -0.3 is 10.2 Å². The van der Waals surface area contributed by atoms with Crippen molar-refractivity contribution in [2.24, 2.45) is 0 Å². The fraction of sp³-hybridized carbons (Fsp3) is 0.353. The van der Waals surface area contributed by atoms with E-state index in [1.54, 1.807) is 4.90 Å². The van der Waals surface area contributed by atoms with Gasteiger partial charge in [0.2, 0.25) is 5.91 Å². The molecule has 0 aliphatic carbocycles. The maximum atomic E-state index is 12.1. The molecule has 1 aromatic carbocycles. The molecule has 0 bridgehead atoms. The van der Waals surface area contributed by atoms with Crippen molar-refractivity contribution in [3.8, 4) is 0 Å². The molecule has 2 heterocycles.